The van der Waals surface area contributed by atoms with Crippen LogP contribution in [-0.4, -0.2) is 14.9 Å². The van der Waals surface area contributed by atoms with Gasteiger partial charge in [0.1, 0.15) is 5.75 Å². The van der Waals surface area contributed by atoms with E-state index in [-0.39, 0.29) is 5.75 Å². The molecule has 15 heavy (non-hydrogen) atoms. The maximum Gasteiger partial charge on any atom is 0.115 e. The number of aromatic nitrogens is 2. The van der Waals surface area contributed by atoms with Crippen LogP contribution in [0.1, 0.15) is 25.3 Å². The fourth-order valence-corrected chi connectivity index (χ4v) is 1.38. The van der Waals surface area contributed by atoms with E-state index in [2.05, 4.69) is 18.9 Å². The number of rotatable bonds is 2. The van der Waals surface area contributed by atoms with Crippen molar-refractivity contribution in [2.45, 2.75) is 19.8 Å². The van der Waals surface area contributed by atoms with Crippen molar-refractivity contribution >= 4 is 0 Å². The summed E-state index contributed by atoms with van der Waals surface area (Å²) in [6.45, 7) is 4.27. The zero-order valence-electron chi connectivity index (χ0n) is 8.88. The van der Waals surface area contributed by atoms with E-state index in [1.165, 1.54) is 5.56 Å². The Morgan fingerprint density at radius 2 is 1.87 bits per heavy atom. The molecule has 0 aliphatic heterocycles. The van der Waals surface area contributed by atoms with Gasteiger partial charge in [-0.15, -0.1) is 0 Å². The Bertz CT molecular complexity index is 443. The monoisotopic (exact) mass is 202 g/mol. The van der Waals surface area contributed by atoms with Crippen molar-refractivity contribution in [1.29, 1.82) is 0 Å². The molecule has 0 unspecified atom stereocenters. The molecule has 0 saturated carbocycles. The van der Waals surface area contributed by atoms with E-state index in [1.54, 1.807) is 12.1 Å². The molecule has 1 N–H and O–H groups in total. The van der Waals surface area contributed by atoms with Crippen molar-refractivity contribution in [3.8, 4) is 11.4 Å². The number of phenolic OH excluding ortho intramolecular Hbond substituents is 1. The lowest BCUT2D eigenvalue weighted by Crippen LogP contribution is -1.93. The largest absolute Gasteiger partial charge is 0.508 e. The van der Waals surface area contributed by atoms with E-state index >= 15 is 0 Å². The minimum atomic E-state index is 0.273. The Labute approximate surface area is 89.0 Å². The van der Waals surface area contributed by atoms with E-state index in [4.69, 9.17) is 5.11 Å². The highest BCUT2D eigenvalue weighted by Gasteiger charge is 2.03. The highest BCUT2D eigenvalue weighted by Crippen LogP contribution is 2.17. The minimum Gasteiger partial charge on any atom is -0.508 e. The summed E-state index contributed by atoms with van der Waals surface area (Å²) in [7, 11) is 0. The van der Waals surface area contributed by atoms with Crippen LogP contribution in [0.15, 0.2) is 36.7 Å². The van der Waals surface area contributed by atoms with Crippen LogP contribution in [0, 0.1) is 0 Å². The molecule has 1 heterocycles. The molecule has 0 fully saturated rings. The zero-order chi connectivity index (χ0) is 10.8. The first-order valence-electron chi connectivity index (χ1n) is 5.01. The lowest BCUT2D eigenvalue weighted by atomic mass is 10.1. The number of hydrogen-bond donors (Lipinski definition) is 1. The molecule has 3 heteroatoms. The lowest BCUT2D eigenvalue weighted by molar-refractivity contribution is 0.475. The summed E-state index contributed by atoms with van der Waals surface area (Å²) in [6.07, 6.45) is 3.88. The molecule has 0 saturated heterocycles. The summed E-state index contributed by atoms with van der Waals surface area (Å²) in [5, 5.41) is 13.4. The maximum atomic E-state index is 9.17. The molecule has 78 valence electrons. The van der Waals surface area contributed by atoms with Gasteiger partial charge in [0, 0.05) is 6.20 Å². The molecule has 1 aromatic carbocycles. The van der Waals surface area contributed by atoms with Gasteiger partial charge in [-0.05, 0) is 35.7 Å². The first kappa shape index (κ1) is 9.77. The Morgan fingerprint density at radius 3 is 2.40 bits per heavy atom. The summed E-state index contributed by atoms with van der Waals surface area (Å²) in [4.78, 5) is 0. The van der Waals surface area contributed by atoms with Gasteiger partial charge < -0.3 is 5.11 Å². The SMILES string of the molecule is CC(C)c1cnn(-c2ccc(O)cc2)c1. The lowest BCUT2D eigenvalue weighted by Gasteiger charge is -2.01. The third-order valence-corrected chi connectivity index (χ3v) is 2.38. The van der Waals surface area contributed by atoms with E-state index in [0.717, 1.165) is 5.69 Å². The van der Waals surface area contributed by atoms with Gasteiger partial charge in [-0.2, -0.15) is 5.10 Å². The smallest absolute Gasteiger partial charge is 0.115 e. The molecule has 3 nitrogen and oxygen atoms in total. The van der Waals surface area contributed by atoms with Crippen molar-refractivity contribution in [2.24, 2.45) is 0 Å². The summed E-state index contributed by atoms with van der Waals surface area (Å²) < 4.78 is 1.81. The minimum absolute atomic E-state index is 0.273. The molecule has 0 amide bonds. The van der Waals surface area contributed by atoms with Gasteiger partial charge in [0.05, 0.1) is 11.9 Å². The van der Waals surface area contributed by atoms with Crippen LogP contribution in [0.5, 0.6) is 5.75 Å². The van der Waals surface area contributed by atoms with Crippen LogP contribution < -0.4 is 0 Å². The molecular weight excluding hydrogens is 188 g/mol. The van der Waals surface area contributed by atoms with E-state index in [1.807, 2.05) is 29.2 Å². The summed E-state index contributed by atoms with van der Waals surface area (Å²) >= 11 is 0. The van der Waals surface area contributed by atoms with Crippen LogP contribution in [0.2, 0.25) is 0 Å². The highest BCUT2D eigenvalue weighted by atomic mass is 16.3. The second-order valence-electron chi connectivity index (χ2n) is 3.89. The van der Waals surface area contributed by atoms with Gasteiger partial charge >= 0.3 is 0 Å². The molecule has 0 spiro atoms. The third-order valence-electron chi connectivity index (χ3n) is 2.38. The van der Waals surface area contributed by atoms with Crippen molar-refractivity contribution in [1.82, 2.24) is 9.78 Å². The van der Waals surface area contributed by atoms with Gasteiger partial charge in [0.25, 0.3) is 0 Å². The van der Waals surface area contributed by atoms with Crippen molar-refractivity contribution in [2.75, 3.05) is 0 Å². The van der Waals surface area contributed by atoms with Gasteiger partial charge in [0.15, 0.2) is 0 Å². The average Bonchev–Trinajstić information content (AvgIpc) is 2.68. The molecule has 0 aliphatic carbocycles. The number of hydrogen-bond acceptors (Lipinski definition) is 2. The molecule has 0 radical (unpaired) electrons. The van der Waals surface area contributed by atoms with Crippen molar-refractivity contribution < 1.29 is 5.11 Å². The summed E-state index contributed by atoms with van der Waals surface area (Å²) in [5.41, 5.74) is 2.17. The van der Waals surface area contributed by atoms with Crippen molar-refractivity contribution in [3.05, 3.63) is 42.2 Å². The average molecular weight is 202 g/mol. The van der Waals surface area contributed by atoms with E-state index < -0.39 is 0 Å². The number of aromatic hydroxyl groups is 1. The Morgan fingerprint density at radius 1 is 1.20 bits per heavy atom. The third kappa shape index (κ3) is 2.01. The molecule has 2 rings (SSSR count). The first-order valence-corrected chi connectivity index (χ1v) is 5.01. The molecular formula is C12H14N2O. The second kappa shape index (κ2) is 3.77. The number of benzene rings is 1. The van der Waals surface area contributed by atoms with Gasteiger partial charge in [-0.25, -0.2) is 4.68 Å². The Balaban J connectivity index is 2.33. The number of nitrogens with zero attached hydrogens (tertiary/aromatic N) is 2. The summed E-state index contributed by atoms with van der Waals surface area (Å²) in [5.74, 6) is 0.755. The zero-order valence-corrected chi connectivity index (χ0v) is 8.88. The van der Waals surface area contributed by atoms with E-state index in [0.29, 0.717) is 5.92 Å². The molecule has 2 aromatic rings. The topological polar surface area (TPSA) is 38.0 Å². The van der Waals surface area contributed by atoms with Crippen LogP contribution in [0.4, 0.5) is 0 Å². The highest BCUT2D eigenvalue weighted by molar-refractivity contribution is 5.36. The van der Waals surface area contributed by atoms with Crippen LogP contribution in [-0.2, 0) is 0 Å². The van der Waals surface area contributed by atoms with E-state index in [9.17, 15) is 0 Å². The standard InChI is InChI=1S/C12H14N2O/c1-9(2)10-7-13-14(8-10)11-3-5-12(15)6-4-11/h3-9,15H,1-2H3. The maximum absolute atomic E-state index is 9.17. The van der Waals surface area contributed by atoms with Gasteiger partial charge in [-0.3, -0.25) is 0 Å². The Kier molecular flexibility index (Phi) is 2.46. The van der Waals surface area contributed by atoms with Gasteiger partial charge in [-0.1, -0.05) is 13.8 Å². The molecule has 0 bridgehead atoms. The molecule has 1 aromatic heterocycles. The second-order valence-corrected chi connectivity index (χ2v) is 3.89. The Hall–Kier alpha value is -1.77. The van der Waals surface area contributed by atoms with Crippen LogP contribution >= 0.6 is 0 Å². The molecule has 0 atom stereocenters. The van der Waals surface area contributed by atoms with Crippen LogP contribution in [0.25, 0.3) is 5.69 Å². The predicted octanol–water partition coefficient (Wildman–Crippen LogP) is 2.70. The fourth-order valence-electron chi connectivity index (χ4n) is 1.38. The first-order chi connectivity index (χ1) is 7.16. The van der Waals surface area contributed by atoms with Crippen molar-refractivity contribution in [3.63, 3.8) is 0 Å². The van der Waals surface area contributed by atoms with Crippen LogP contribution in [0.3, 0.4) is 0 Å². The fraction of sp³-hybridized carbons (Fsp3) is 0.250. The van der Waals surface area contributed by atoms with Gasteiger partial charge in [0.2, 0.25) is 0 Å². The quantitative estimate of drug-likeness (QED) is 0.813. The predicted molar refractivity (Wildman–Crippen MR) is 59.3 cm³/mol. The summed E-state index contributed by atoms with van der Waals surface area (Å²) in [6, 6.07) is 7.00. The molecule has 0 aliphatic rings. The number of phenols is 1. The normalized spacial score (nSPS) is 10.9.